The number of unbranched alkanes of at least 4 members (excludes halogenated alkanes) is 3. The fourth-order valence-electron chi connectivity index (χ4n) is 4.21. The van der Waals surface area contributed by atoms with Gasteiger partial charge in [0, 0.05) is 5.56 Å². The van der Waals surface area contributed by atoms with E-state index in [1.54, 1.807) is 61.5 Å². The maximum absolute atomic E-state index is 12.9. The van der Waals surface area contributed by atoms with Crippen molar-refractivity contribution in [3.63, 3.8) is 0 Å². The molecule has 0 N–H and O–H groups in total. The first kappa shape index (κ1) is 28.5. The van der Waals surface area contributed by atoms with E-state index >= 15 is 0 Å². The summed E-state index contributed by atoms with van der Waals surface area (Å²) in [4.78, 5) is 38.2. The summed E-state index contributed by atoms with van der Waals surface area (Å²) in [6.45, 7) is 6.57. The third kappa shape index (κ3) is 7.32. The van der Waals surface area contributed by atoms with E-state index < -0.39 is 11.9 Å². The highest BCUT2D eigenvalue weighted by Crippen LogP contribution is 2.25. The highest BCUT2D eigenvalue weighted by Gasteiger charge is 2.32. The van der Waals surface area contributed by atoms with Gasteiger partial charge in [-0.3, -0.25) is 9.59 Å². The van der Waals surface area contributed by atoms with Gasteiger partial charge < -0.3 is 9.47 Å². The molecule has 1 aliphatic heterocycles. The van der Waals surface area contributed by atoms with E-state index in [4.69, 9.17) is 9.47 Å². The van der Waals surface area contributed by atoms with E-state index in [1.165, 1.54) is 23.9 Å². The smallest absolute Gasteiger partial charge is 0.343 e. The summed E-state index contributed by atoms with van der Waals surface area (Å²) in [5, 5.41) is 5.74. The summed E-state index contributed by atoms with van der Waals surface area (Å²) in [5.74, 6) is -0.543. The van der Waals surface area contributed by atoms with Crippen LogP contribution in [0.1, 0.15) is 65.8 Å². The Morgan fingerprint density at radius 2 is 1.50 bits per heavy atom. The molecule has 0 aliphatic carbocycles. The molecule has 0 saturated heterocycles. The molecule has 1 atom stereocenters. The third-order valence-corrected chi connectivity index (χ3v) is 6.61. The van der Waals surface area contributed by atoms with Crippen LogP contribution in [0.4, 0.5) is 5.69 Å². The minimum Gasteiger partial charge on any atom is -0.494 e. The number of carbonyl (C=O) groups excluding carboxylic acids is 3. The zero-order chi connectivity index (χ0) is 28.5. The van der Waals surface area contributed by atoms with Crippen molar-refractivity contribution < 1.29 is 23.9 Å². The van der Waals surface area contributed by atoms with E-state index in [1.807, 2.05) is 31.2 Å². The highest BCUT2D eigenvalue weighted by atomic mass is 16.5. The van der Waals surface area contributed by atoms with Gasteiger partial charge in [-0.1, -0.05) is 50.0 Å². The number of rotatable bonds is 12. The summed E-state index contributed by atoms with van der Waals surface area (Å²) in [5.41, 5.74) is 3.20. The first-order valence-electron chi connectivity index (χ1n) is 13.6. The van der Waals surface area contributed by atoms with Crippen LogP contribution in [0.2, 0.25) is 0 Å². The number of esters is 1. The Balaban J connectivity index is 1.30. The van der Waals surface area contributed by atoms with Crippen molar-refractivity contribution >= 4 is 29.1 Å². The Kier molecular flexibility index (Phi) is 9.62. The quantitative estimate of drug-likeness (QED) is 0.0819. The predicted molar refractivity (Wildman–Crippen MR) is 156 cm³/mol. The summed E-state index contributed by atoms with van der Waals surface area (Å²) in [6, 6.07) is 20.7. The van der Waals surface area contributed by atoms with E-state index in [-0.39, 0.29) is 11.7 Å². The molecule has 3 aromatic rings. The van der Waals surface area contributed by atoms with E-state index in [0.717, 1.165) is 18.4 Å². The topological polar surface area (TPSA) is 85.3 Å². The second-order valence-corrected chi connectivity index (χ2v) is 9.78. The maximum atomic E-state index is 12.9. The van der Waals surface area contributed by atoms with Gasteiger partial charge in [0.2, 0.25) is 0 Å². The molecule has 40 heavy (non-hydrogen) atoms. The van der Waals surface area contributed by atoms with Gasteiger partial charge in [0.1, 0.15) is 11.5 Å². The average molecular weight is 539 g/mol. The lowest BCUT2D eigenvalue weighted by atomic mass is 10.0. The molecule has 1 amide bonds. The molecule has 0 bridgehead atoms. The minimum atomic E-state index is -0.608. The van der Waals surface area contributed by atoms with Crippen LogP contribution in [0.25, 0.3) is 0 Å². The Labute approximate surface area is 235 Å². The lowest BCUT2D eigenvalue weighted by molar-refractivity contribution is -0.118. The van der Waals surface area contributed by atoms with Gasteiger partial charge in [-0.05, 0) is 87.0 Å². The minimum absolute atomic E-state index is 0.209. The van der Waals surface area contributed by atoms with Crippen LogP contribution < -0.4 is 14.5 Å². The second-order valence-electron chi connectivity index (χ2n) is 9.78. The fourth-order valence-corrected chi connectivity index (χ4v) is 4.21. The van der Waals surface area contributed by atoms with Crippen molar-refractivity contribution in [1.29, 1.82) is 0 Å². The first-order chi connectivity index (χ1) is 19.4. The number of hydrogen-bond acceptors (Lipinski definition) is 6. The van der Waals surface area contributed by atoms with Crippen LogP contribution in [0.15, 0.2) is 90.0 Å². The molecule has 7 nitrogen and oxygen atoms in total. The summed E-state index contributed by atoms with van der Waals surface area (Å²) < 4.78 is 11.2. The fraction of sp³-hybridized carbons (Fsp3) is 0.273. The zero-order valence-corrected chi connectivity index (χ0v) is 23.1. The Hall–Kier alpha value is -4.52. The van der Waals surface area contributed by atoms with Crippen LogP contribution in [-0.2, 0) is 4.79 Å². The monoisotopic (exact) mass is 538 g/mol. The van der Waals surface area contributed by atoms with Gasteiger partial charge in [-0.25, -0.2) is 4.79 Å². The molecule has 1 unspecified atom stereocenters. The molecule has 0 spiro atoms. The number of ketones is 1. The number of ether oxygens (including phenoxy) is 2. The maximum Gasteiger partial charge on any atom is 0.343 e. The Morgan fingerprint density at radius 1 is 0.850 bits per heavy atom. The molecule has 0 radical (unpaired) electrons. The van der Waals surface area contributed by atoms with E-state index in [9.17, 15) is 14.4 Å². The van der Waals surface area contributed by atoms with Crippen molar-refractivity contribution in [1.82, 2.24) is 0 Å². The highest BCUT2D eigenvalue weighted by molar-refractivity contribution is 6.17. The summed E-state index contributed by atoms with van der Waals surface area (Å²) >= 11 is 0. The predicted octanol–water partition coefficient (Wildman–Crippen LogP) is 6.95. The largest absolute Gasteiger partial charge is 0.494 e. The lowest BCUT2D eigenvalue weighted by Gasteiger charge is -2.13. The van der Waals surface area contributed by atoms with Crippen molar-refractivity contribution in [2.45, 2.75) is 46.5 Å². The van der Waals surface area contributed by atoms with Crippen molar-refractivity contribution in [3.8, 4) is 11.5 Å². The van der Waals surface area contributed by atoms with Crippen LogP contribution in [0.3, 0.4) is 0 Å². The van der Waals surface area contributed by atoms with Gasteiger partial charge in [0.25, 0.3) is 5.91 Å². The van der Waals surface area contributed by atoms with Gasteiger partial charge in [0.05, 0.1) is 29.5 Å². The molecule has 0 saturated carbocycles. The Morgan fingerprint density at radius 3 is 2.17 bits per heavy atom. The first-order valence-corrected chi connectivity index (χ1v) is 13.6. The number of aryl methyl sites for hydroxylation is 1. The number of amides is 1. The van der Waals surface area contributed by atoms with E-state index in [2.05, 4.69) is 12.0 Å². The molecule has 0 aromatic heterocycles. The number of nitrogens with zero attached hydrogens (tertiary/aromatic N) is 2. The van der Waals surface area contributed by atoms with Crippen molar-refractivity contribution in [2.75, 3.05) is 11.6 Å². The number of hydrogen-bond donors (Lipinski definition) is 0. The second kappa shape index (κ2) is 13.5. The number of anilines is 1. The third-order valence-electron chi connectivity index (χ3n) is 6.61. The van der Waals surface area contributed by atoms with Crippen molar-refractivity contribution in [3.05, 3.63) is 102 Å². The molecule has 3 aromatic carbocycles. The number of hydrazone groups is 1. The van der Waals surface area contributed by atoms with Crippen molar-refractivity contribution in [2.24, 2.45) is 11.0 Å². The number of allylic oxidation sites excluding steroid dienone is 1. The molecular weight excluding hydrogens is 504 g/mol. The van der Waals surface area contributed by atoms with Gasteiger partial charge in [-0.2, -0.15) is 10.1 Å². The Bertz CT molecular complexity index is 1390. The molecule has 1 aliphatic rings. The van der Waals surface area contributed by atoms with Gasteiger partial charge in [-0.15, -0.1) is 0 Å². The molecule has 0 fully saturated rings. The molecular formula is C33H34N2O5. The molecule has 4 rings (SSSR count). The number of carbonyl (C=O) groups is 3. The van der Waals surface area contributed by atoms with Gasteiger partial charge >= 0.3 is 5.97 Å². The van der Waals surface area contributed by atoms with Crippen LogP contribution in [-0.4, -0.2) is 30.0 Å². The summed E-state index contributed by atoms with van der Waals surface area (Å²) in [6.07, 6.45) is 7.48. The van der Waals surface area contributed by atoms with Crippen LogP contribution >= 0.6 is 0 Å². The normalized spacial score (nSPS) is 14.9. The summed E-state index contributed by atoms with van der Waals surface area (Å²) in [7, 11) is 0. The molecule has 7 heteroatoms. The average Bonchev–Trinajstić information content (AvgIpc) is 3.25. The lowest BCUT2D eigenvalue weighted by Crippen LogP contribution is -2.26. The van der Waals surface area contributed by atoms with E-state index in [0.29, 0.717) is 40.6 Å². The number of benzene rings is 3. The molecule has 1 heterocycles. The SMILES string of the molecule is CCCCCCOc1ccc(C(=O)Oc2ccc(C(=O)/C=C/C3C(=O)N(c4ccc(C)cc4)N=C3C)cc2)cc1. The molecule has 206 valence electrons. The van der Waals surface area contributed by atoms with Gasteiger partial charge in [0.15, 0.2) is 5.78 Å². The van der Waals surface area contributed by atoms with Crippen LogP contribution in [0, 0.1) is 12.8 Å². The standard InChI is InChI=1S/C33H34N2O5/c1-4-5-6-7-22-39-28-16-12-26(13-17-28)33(38)40-29-18-10-25(11-19-29)31(36)21-20-30-24(3)34-35(32(30)37)27-14-8-23(2)9-15-27/h8-21,30H,4-7,22H2,1-3H3/b21-20+. The zero-order valence-electron chi connectivity index (χ0n) is 23.1. The van der Waals surface area contributed by atoms with Crippen LogP contribution in [0.5, 0.6) is 11.5 Å².